The second-order valence-corrected chi connectivity index (χ2v) is 16.0. The quantitative estimate of drug-likeness (QED) is 0.153. The molecule has 0 aliphatic carbocycles. The first-order valence-electron chi connectivity index (χ1n) is 15.0. The average Bonchev–Trinajstić information content (AvgIpc) is 3.62. The number of H-pyrrole nitrogens is 1. The van der Waals surface area contributed by atoms with E-state index in [1.54, 1.807) is 31.0 Å². The van der Waals surface area contributed by atoms with Gasteiger partial charge in [0, 0.05) is 36.9 Å². The molecule has 1 aliphatic heterocycles. The normalized spacial score (nSPS) is 19.8. The van der Waals surface area contributed by atoms with Crippen LogP contribution in [0.5, 0.6) is 5.75 Å². The third-order valence-electron chi connectivity index (χ3n) is 8.91. The van der Waals surface area contributed by atoms with Crippen molar-refractivity contribution in [3.8, 4) is 11.4 Å². The van der Waals surface area contributed by atoms with E-state index in [2.05, 4.69) is 15.4 Å². The smallest absolute Gasteiger partial charge is 0.279 e. The highest BCUT2D eigenvalue weighted by Crippen LogP contribution is 2.47. The standard InChI is InChI=1S/C33H38FN5O4Si/c1-21-31(42-2)25-18-23(39-33(41)24-12-8-9-13-27(24)36-39)14-15-29(25)43-32(21)30(44(3,4)34)16-17-38-19-28(35-37-38)26(20-40)22-10-6-5-7-11-22/h5-15,18-19,21,26,30-32,36,40H,16-17,20H2,1-4H3/t21-,26?,30?,31-,32-/m1/s1. The fourth-order valence-corrected chi connectivity index (χ4v) is 8.52. The molecule has 0 radical (unpaired) electrons. The number of ether oxygens (including phenoxy) is 2. The van der Waals surface area contributed by atoms with E-state index in [0.29, 0.717) is 35.5 Å². The molecule has 3 aromatic carbocycles. The summed E-state index contributed by atoms with van der Waals surface area (Å²) in [7, 11) is -1.57. The SMILES string of the molecule is CO[C@H]1c2cc(-n3[nH]c4ccccc4c3=O)ccc2O[C@@H](C(CCn2cc(C(CO)c3ccccc3)nn2)[Si](C)(C)F)[C@@H]1C. The topological polar surface area (TPSA) is 107 Å². The third-order valence-corrected chi connectivity index (χ3v) is 11.3. The van der Waals surface area contributed by atoms with E-state index < -0.39 is 14.5 Å². The summed E-state index contributed by atoms with van der Waals surface area (Å²) in [5.74, 6) is 0.198. The molecule has 1 aliphatic rings. The Balaban J connectivity index is 1.25. The number of rotatable bonds is 10. The fourth-order valence-electron chi connectivity index (χ4n) is 6.55. The largest absolute Gasteiger partial charge is 0.490 e. The molecule has 0 saturated carbocycles. The lowest BCUT2D eigenvalue weighted by Crippen LogP contribution is -2.46. The van der Waals surface area contributed by atoms with Crippen LogP contribution in [0.2, 0.25) is 18.6 Å². The Morgan fingerprint density at radius 1 is 1.11 bits per heavy atom. The number of methoxy groups -OCH3 is 1. The van der Waals surface area contributed by atoms with Gasteiger partial charge >= 0.3 is 0 Å². The molecule has 0 amide bonds. The molecule has 3 heterocycles. The van der Waals surface area contributed by atoms with Crippen molar-refractivity contribution in [3.05, 3.63) is 106 Å². The number of nitrogens with one attached hydrogen (secondary N) is 1. The van der Waals surface area contributed by atoms with Crippen LogP contribution in [0.25, 0.3) is 16.6 Å². The van der Waals surface area contributed by atoms with Crippen LogP contribution in [-0.4, -0.2) is 58.1 Å². The van der Waals surface area contributed by atoms with Crippen molar-refractivity contribution in [1.82, 2.24) is 24.8 Å². The molecule has 2 unspecified atom stereocenters. The Bertz CT molecular complexity index is 1800. The van der Waals surface area contributed by atoms with Crippen molar-refractivity contribution >= 4 is 19.3 Å². The number of hydrogen-bond acceptors (Lipinski definition) is 6. The third kappa shape index (κ3) is 5.62. The minimum absolute atomic E-state index is 0.0857. The minimum Gasteiger partial charge on any atom is -0.490 e. The molecule has 9 nitrogen and oxygen atoms in total. The van der Waals surface area contributed by atoms with Crippen LogP contribution in [-0.2, 0) is 11.3 Å². The molecule has 2 N–H and O–H groups in total. The van der Waals surface area contributed by atoms with Gasteiger partial charge in [0.25, 0.3) is 5.56 Å². The summed E-state index contributed by atoms with van der Waals surface area (Å²) in [6, 6.07) is 22.7. The van der Waals surface area contributed by atoms with Crippen molar-refractivity contribution in [2.45, 2.75) is 56.7 Å². The molecular weight excluding hydrogens is 577 g/mol. The lowest BCUT2D eigenvalue weighted by atomic mass is 9.86. The molecule has 6 rings (SSSR count). The van der Waals surface area contributed by atoms with E-state index in [0.717, 1.165) is 16.6 Å². The second-order valence-electron chi connectivity index (χ2n) is 12.1. The fraction of sp³-hybridized carbons (Fsp3) is 0.364. The molecule has 0 fully saturated rings. The molecule has 0 spiro atoms. The Labute approximate surface area is 256 Å². The summed E-state index contributed by atoms with van der Waals surface area (Å²) >= 11 is 0. The first kappa shape index (κ1) is 30.0. The highest BCUT2D eigenvalue weighted by molar-refractivity contribution is 6.72. The van der Waals surface area contributed by atoms with Crippen LogP contribution in [0, 0.1) is 5.92 Å². The van der Waals surface area contributed by atoms with Gasteiger partial charge in [0.2, 0.25) is 8.41 Å². The van der Waals surface area contributed by atoms with E-state index in [9.17, 15) is 9.90 Å². The zero-order valence-electron chi connectivity index (χ0n) is 25.4. The second kappa shape index (κ2) is 12.1. The summed E-state index contributed by atoms with van der Waals surface area (Å²) in [5.41, 5.74) is 3.41. The van der Waals surface area contributed by atoms with Gasteiger partial charge in [-0.3, -0.25) is 14.6 Å². The first-order valence-corrected chi connectivity index (χ1v) is 17.9. The number of hydrogen-bond donors (Lipinski definition) is 2. The number of nitrogens with zero attached hydrogens (tertiary/aromatic N) is 4. The van der Waals surface area contributed by atoms with Gasteiger partial charge in [0.1, 0.15) is 11.9 Å². The first-order chi connectivity index (χ1) is 21.2. The van der Waals surface area contributed by atoms with Gasteiger partial charge in [0.05, 0.1) is 40.9 Å². The average molecular weight is 616 g/mol. The summed E-state index contributed by atoms with van der Waals surface area (Å²) in [5, 5.41) is 22.5. The number of aliphatic hydroxyl groups excluding tert-OH is 1. The molecule has 2 aromatic heterocycles. The maximum Gasteiger partial charge on any atom is 0.279 e. The minimum atomic E-state index is -3.23. The predicted octanol–water partition coefficient (Wildman–Crippen LogP) is 5.75. The van der Waals surface area contributed by atoms with Gasteiger partial charge < -0.3 is 18.7 Å². The lowest BCUT2D eigenvalue weighted by Gasteiger charge is -2.43. The zero-order chi connectivity index (χ0) is 31.0. The number of halogens is 1. The number of aryl methyl sites for hydroxylation is 1. The molecule has 5 atom stereocenters. The van der Waals surface area contributed by atoms with Gasteiger partial charge in [-0.1, -0.05) is 54.6 Å². The van der Waals surface area contributed by atoms with Crippen LogP contribution in [0.3, 0.4) is 0 Å². The van der Waals surface area contributed by atoms with E-state index in [1.165, 1.54) is 4.68 Å². The van der Waals surface area contributed by atoms with Crippen LogP contribution in [0.15, 0.2) is 83.8 Å². The number of benzene rings is 3. The van der Waals surface area contributed by atoms with Crippen molar-refractivity contribution in [2.75, 3.05) is 13.7 Å². The summed E-state index contributed by atoms with van der Waals surface area (Å²) in [6.07, 6.45) is 1.58. The summed E-state index contributed by atoms with van der Waals surface area (Å²) < 4.78 is 31.9. The van der Waals surface area contributed by atoms with Crippen molar-refractivity contribution < 1.29 is 18.7 Å². The Morgan fingerprint density at radius 2 is 1.86 bits per heavy atom. The summed E-state index contributed by atoms with van der Waals surface area (Å²) in [6.45, 7) is 5.86. The number of fused-ring (bicyclic) bond motifs is 2. The van der Waals surface area contributed by atoms with Crippen molar-refractivity contribution in [1.29, 1.82) is 0 Å². The number of para-hydroxylation sites is 1. The van der Waals surface area contributed by atoms with Crippen molar-refractivity contribution in [2.24, 2.45) is 5.92 Å². The molecule has 5 aromatic rings. The van der Waals surface area contributed by atoms with E-state index >= 15 is 4.11 Å². The van der Waals surface area contributed by atoms with Crippen LogP contribution in [0.1, 0.15) is 42.2 Å². The molecule has 0 bridgehead atoms. The van der Waals surface area contributed by atoms with E-state index in [4.69, 9.17) is 9.47 Å². The highest BCUT2D eigenvalue weighted by Gasteiger charge is 2.47. The van der Waals surface area contributed by atoms with E-state index in [1.807, 2.05) is 79.9 Å². The number of aromatic amines is 1. The Kier molecular flexibility index (Phi) is 8.27. The van der Waals surface area contributed by atoms with Gasteiger partial charge in [-0.25, -0.2) is 4.68 Å². The molecule has 0 saturated heterocycles. The van der Waals surface area contributed by atoms with Crippen LogP contribution < -0.4 is 10.3 Å². The predicted molar refractivity (Wildman–Crippen MR) is 170 cm³/mol. The molecule has 11 heteroatoms. The van der Waals surface area contributed by atoms with Crippen molar-refractivity contribution in [3.63, 3.8) is 0 Å². The van der Waals surface area contributed by atoms with E-state index in [-0.39, 0.29) is 35.6 Å². The molecule has 230 valence electrons. The monoisotopic (exact) mass is 615 g/mol. The van der Waals surface area contributed by atoms with Crippen LogP contribution >= 0.6 is 0 Å². The highest BCUT2D eigenvalue weighted by atomic mass is 28.4. The van der Waals surface area contributed by atoms with Gasteiger partial charge in [-0.15, -0.1) is 5.10 Å². The number of aromatic nitrogens is 5. The summed E-state index contributed by atoms with van der Waals surface area (Å²) in [4.78, 5) is 13.1. The lowest BCUT2D eigenvalue weighted by molar-refractivity contribution is -0.0242. The Hall–Kier alpha value is -4.06. The van der Waals surface area contributed by atoms with Crippen LogP contribution in [0.4, 0.5) is 4.11 Å². The Morgan fingerprint density at radius 3 is 2.57 bits per heavy atom. The molecule has 44 heavy (non-hydrogen) atoms. The maximum atomic E-state index is 16.1. The number of aliphatic hydroxyl groups is 1. The maximum absolute atomic E-state index is 16.1. The van der Waals surface area contributed by atoms with Gasteiger partial charge in [0.15, 0.2) is 0 Å². The zero-order valence-corrected chi connectivity index (χ0v) is 26.4. The van der Waals surface area contributed by atoms with Gasteiger partial charge in [-0.2, -0.15) is 0 Å². The van der Waals surface area contributed by atoms with Gasteiger partial charge in [-0.05, 0) is 55.4 Å². The molecular formula is C33H38FN5O4Si.